The molecule has 0 saturated carbocycles. The van der Waals surface area contributed by atoms with Crippen molar-refractivity contribution in [2.75, 3.05) is 0 Å². The molecule has 0 bridgehead atoms. The van der Waals surface area contributed by atoms with Crippen molar-refractivity contribution in [3.8, 4) is 0 Å². The molecular formula is C9H14N2O. The Hall–Kier alpha value is -0.960. The van der Waals surface area contributed by atoms with Crippen LogP contribution >= 0.6 is 0 Å². The maximum atomic E-state index is 9.57. The van der Waals surface area contributed by atoms with E-state index in [1.165, 1.54) is 0 Å². The minimum Gasteiger partial charge on any atom is -0.386 e. The van der Waals surface area contributed by atoms with Crippen molar-refractivity contribution >= 4 is 0 Å². The van der Waals surface area contributed by atoms with E-state index in [1.54, 1.807) is 26.2 Å². The van der Waals surface area contributed by atoms with Crippen molar-refractivity contribution in [1.82, 2.24) is 9.97 Å². The third-order valence-corrected chi connectivity index (χ3v) is 1.73. The van der Waals surface area contributed by atoms with Crippen molar-refractivity contribution in [3.63, 3.8) is 0 Å². The molecule has 0 saturated heterocycles. The zero-order valence-electron chi connectivity index (χ0n) is 7.70. The van der Waals surface area contributed by atoms with Gasteiger partial charge in [0.25, 0.3) is 0 Å². The molecule has 0 fully saturated rings. The molecule has 12 heavy (non-hydrogen) atoms. The standard InChI is InChI=1S/C9H14N2O/c1-4-8-10-5-7(6-11-8)9(2,3)12/h5-6,12H,4H2,1-3H3. The molecule has 1 aromatic heterocycles. The Bertz CT molecular complexity index is 248. The lowest BCUT2D eigenvalue weighted by molar-refractivity contribution is 0.0777. The van der Waals surface area contributed by atoms with Crippen LogP contribution in [0, 0.1) is 0 Å². The van der Waals surface area contributed by atoms with Crippen molar-refractivity contribution in [3.05, 3.63) is 23.8 Å². The smallest absolute Gasteiger partial charge is 0.127 e. The maximum Gasteiger partial charge on any atom is 0.127 e. The van der Waals surface area contributed by atoms with E-state index in [9.17, 15) is 5.11 Å². The normalized spacial score (nSPS) is 11.7. The Labute approximate surface area is 72.5 Å². The minimum absolute atomic E-state index is 0.750. The van der Waals surface area contributed by atoms with Crippen LogP contribution in [0.2, 0.25) is 0 Å². The van der Waals surface area contributed by atoms with Crippen LogP contribution in [-0.4, -0.2) is 15.1 Å². The predicted octanol–water partition coefficient (Wildman–Crippen LogP) is 1.27. The number of aliphatic hydroxyl groups is 1. The van der Waals surface area contributed by atoms with Crippen LogP contribution in [0.3, 0.4) is 0 Å². The average molecular weight is 166 g/mol. The van der Waals surface area contributed by atoms with Gasteiger partial charge in [-0.25, -0.2) is 9.97 Å². The molecule has 0 aromatic carbocycles. The lowest BCUT2D eigenvalue weighted by atomic mass is 10.0. The van der Waals surface area contributed by atoms with Crippen LogP contribution in [0.4, 0.5) is 0 Å². The van der Waals surface area contributed by atoms with Gasteiger partial charge in [0.05, 0.1) is 5.60 Å². The molecule has 1 aromatic rings. The molecule has 0 aliphatic heterocycles. The Morgan fingerprint density at radius 2 is 1.83 bits per heavy atom. The number of rotatable bonds is 2. The summed E-state index contributed by atoms with van der Waals surface area (Å²) in [6.45, 7) is 5.44. The fraction of sp³-hybridized carbons (Fsp3) is 0.556. The molecule has 0 amide bonds. The second-order valence-corrected chi connectivity index (χ2v) is 3.30. The highest BCUT2D eigenvalue weighted by Gasteiger charge is 2.16. The molecule has 0 radical (unpaired) electrons. The molecule has 1 N–H and O–H groups in total. The summed E-state index contributed by atoms with van der Waals surface area (Å²) in [4.78, 5) is 8.19. The number of hydrogen-bond acceptors (Lipinski definition) is 3. The molecule has 3 heteroatoms. The highest BCUT2D eigenvalue weighted by atomic mass is 16.3. The van der Waals surface area contributed by atoms with Gasteiger partial charge in [0.2, 0.25) is 0 Å². The first-order valence-electron chi connectivity index (χ1n) is 4.08. The molecule has 0 unspecified atom stereocenters. The summed E-state index contributed by atoms with van der Waals surface area (Å²) in [7, 11) is 0. The first-order chi connectivity index (χ1) is 5.54. The first-order valence-corrected chi connectivity index (χ1v) is 4.08. The quantitative estimate of drug-likeness (QED) is 0.719. The summed E-state index contributed by atoms with van der Waals surface area (Å²) >= 11 is 0. The van der Waals surface area contributed by atoms with Crippen molar-refractivity contribution in [2.24, 2.45) is 0 Å². The molecule has 1 heterocycles. The molecule has 0 aliphatic carbocycles. The Balaban J connectivity index is 2.93. The molecule has 1 rings (SSSR count). The van der Waals surface area contributed by atoms with Gasteiger partial charge in [0.15, 0.2) is 0 Å². The molecule has 0 spiro atoms. The topological polar surface area (TPSA) is 46.0 Å². The van der Waals surface area contributed by atoms with Gasteiger partial charge in [-0.1, -0.05) is 6.92 Å². The Kier molecular flexibility index (Phi) is 2.43. The number of hydrogen-bond donors (Lipinski definition) is 1. The highest BCUT2D eigenvalue weighted by molar-refractivity contribution is 5.12. The summed E-state index contributed by atoms with van der Waals surface area (Å²) in [6.07, 6.45) is 4.17. The van der Waals surface area contributed by atoms with Gasteiger partial charge in [0.1, 0.15) is 5.82 Å². The number of nitrogens with zero attached hydrogens (tertiary/aromatic N) is 2. The predicted molar refractivity (Wildman–Crippen MR) is 46.7 cm³/mol. The fourth-order valence-electron chi connectivity index (χ4n) is 0.853. The van der Waals surface area contributed by atoms with Crippen molar-refractivity contribution in [2.45, 2.75) is 32.8 Å². The van der Waals surface area contributed by atoms with E-state index < -0.39 is 5.60 Å². The van der Waals surface area contributed by atoms with E-state index in [0.717, 1.165) is 17.8 Å². The fourth-order valence-corrected chi connectivity index (χ4v) is 0.853. The molecule has 3 nitrogen and oxygen atoms in total. The summed E-state index contributed by atoms with van der Waals surface area (Å²) in [5, 5.41) is 9.57. The SMILES string of the molecule is CCc1ncc(C(C)(C)O)cn1. The van der Waals surface area contributed by atoms with Crippen LogP contribution < -0.4 is 0 Å². The van der Waals surface area contributed by atoms with E-state index in [2.05, 4.69) is 9.97 Å². The van der Waals surface area contributed by atoms with Crippen LogP contribution in [0.15, 0.2) is 12.4 Å². The molecule has 0 aliphatic rings. The summed E-state index contributed by atoms with van der Waals surface area (Å²) < 4.78 is 0. The third kappa shape index (κ3) is 2.01. The molecular weight excluding hydrogens is 152 g/mol. The van der Waals surface area contributed by atoms with Gasteiger partial charge in [0, 0.05) is 24.4 Å². The zero-order valence-corrected chi connectivity index (χ0v) is 7.70. The first kappa shape index (κ1) is 9.13. The zero-order chi connectivity index (χ0) is 9.19. The van der Waals surface area contributed by atoms with Gasteiger partial charge in [-0.2, -0.15) is 0 Å². The van der Waals surface area contributed by atoms with E-state index in [4.69, 9.17) is 0 Å². The van der Waals surface area contributed by atoms with E-state index in [0.29, 0.717) is 0 Å². The Morgan fingerprint density at radius 1 is 1.33 bits per heavy atom. The third-order valence-electron chi connectivity index (χ3n) is 1.73. The summed E-state index contributed by atoms with van der Waals surface area (Å²) in [5.74, 6) is 0.808. The molecule has 0 atom stereocenters. The van der Waals surface area contributed by atoms with Gasteiger partial charge < -0.3 is 5.11 Å². The second-order valence-electron chi connectivity index (χ2n) is 3.30. The van der Waals surface area contributed by atoms with Crippen molar-refractivity contribution in [1.29, 1.82) is 0 Å². The largest absolute Gasteiger partial charge is 0.386 e. The Morgan fingerprint density at radius 3 is 2.17 bits per heavy atom. The van der Waals surface area contributed by atoms with E-state index in [-0.39, 0.29) is 0 Å². The van der Waals surface area contributed by atoms with Gasteiger partial charge >= 0.3 is 0 Å². The second kappa shape index (κ2) is 3.19. The van der Waals surface area contributed by atoms with Crippen LogP contribution in [-0.2, 0) is 12.0 Å². The highest BCUT2D eigenvalue weighted by Crippen LogP contribution is 2.16. The maximum absolute atomic E-state index is 9.57. The number of aryl methyl sites for hydroxylation is 1. The average Bonchev–Trinajstić information content (AvgIpc) is 2.03. The van der Waals surface area contributed by atoms with Gasteiger partial charge in [-0.05, 0) is 13.8 Å². The van der Waals surface area contributed by atoms with Crippen LogP contribution in [0.25, 0.3) is 0 Å². The van der Waals surface area contributed by atoms with Crippen molar-refractivity contribution < 1.29 is 5.11 Å². The number of aromatic nitrogens is 2. The van der Waals surface area contributed by atoms with E-state index in [1.807, 2.05) is 6.92 Å². The van der Waals surface area contributed by atoms with Crippen LogP contribution in [0.1, 0.15) is 32.2 Å². The van der Waals surface area contributed by atoms with Gasteiger partial charge in [-0.15, -0.1) is 0 Å². The minimum atomic E-state index is -0.841. The van der Waals surface area contributed by atoms with Crippen LogP contribution in [0.5, 0.6) is 0 Å². The molecule has 66 valence electrons. The van der Waals surface area contributed by atoms with Gasteiger partial charge in [-0.3, -0.25) is 0 Å². The summed E-state index contributed by atoms with van der Waals surface area (Å²) in [5.41, 5.74) is -0.0913. The summed E-state index contributed by atoms with van der Waals surface area (Å²) in [6, 6.07) is 0. The lowest BCUT2D eigenvalue weighted by Gasteiger charge is -2.16. The monoisotopic (exact) mass is 166 g/mol. The lowest BCUT2D eigenvalue weighted by Crippen LogP contribution is -2.16. The van der Waals surface area contributed by atoms with E-state index >= 15 is 0 Å².